The number of ether oxygens (including phenoxy) is 1. The number of nitrogens with zero attached hydrogens (tertiary/aromatic N) is 2. The highest BCUT2D eigenvalue weighted by Gasteiger charge is 2.26. The van der Waals surface area contributed by atoms with Gasteiger partial charge in [0.2, 0.25) is 11.8 Å². The predicted octanol–water partition coefficient (Wildman–Crippen LogP) is 1.49. The average Bonchev–Trinajstić information content (AvgIpc) is 2.64. The molecule has 8 heteroatoms. The number of benzene rings is 1. The number of carbonyl (C=O) groups is 3. The van der Waals surface area contributed by atoms with Gasteiger partial charge < -0.3 is 20.3 Å². The Balaban J connectivity index is 1.73. The van der Waals surface area contributed by atoms with Crippen LogP contribution in [-0.2, 0) is 14.3 Å². The molecule has 0 bridgehead atoms. The average molecular weight is 390 g/mol. The van der Waals surface area contributed by atoms with Crippen molar-refractivity contribution in [2.75, 3.05) is 31.1 Å². The van der Waals surface area contributed by atoms with E-state index in [1.165, 1.54) is 0 Å². The lowest BCUT2D eigenvalue weighted by atomic mass is 10.1. The summed E-state index contributed by atoms with van der Waals surface area (Å²) in [5, 5.41) is 2.15. The Hall–Kier alpha value is -2.61. The van der Waals surface area contributed by atoms with Crippen LogP contribution in [0.25, 0.3) is 0 Å². The quantitative estimate of drug-likeness (QED) is 0.789. The van der Waals surface area contributed by atoms with E-state index in [9.17, 15) is 14.4 Å². The number of alkyl carbamates (subject to hydrolysis) is 1. The number of amides is 3. The number of nitrogens with two attached hydrogens (primary N) is 1. The molecule has 154 valence electrons. The van der Waals surface area contributed by atoms with E-state index in [4.69, 9.17) is 10.5 Å². The summed E-state index contributed by atoms with van der Waals surface area (Å²) in [6, 6.07) is 9.28. The molecule has 1 fully saturated rings. The summed E-state index contributed by atoms with van der Waals surface area (Å²) >= 11 is 0. The number of para-hydroxylation sites is 1. The second-order valence-electron chi connectivity index (χ2n) is 7.84. The fourth-order valence-corrected chi connectivity index (χ4v) is 2.95. The zero-order valence-electron chi connectivity index (χ0n) is 16.8. The molecule has 2 rings (SSSR count). The topological polar surface area (TPSA) is 105 Å². The van der Waals surface area contributed by atoms with Gasteiger partial charge in [-0.1, -0.05) is 18.2 Å². The minimum Gasteiger partial charge on any atom is -0.444 e. The van der Waals surface area contributed by atoms with Crippen molar-refractivity contribution in [2.45, 2.75) is 45.3 Å². The molecule has 0 aliphatic carbocycles. The van der Waals surface area contributed by atoms with Crippen molar-refractivity contribution >= 4 is 23.6 Å². The second kappa shape index (κ2) is 9.54. The van der Waals surface area contributed by atoms with Crippen molar-refractivity contribution in [3.05, 3.63) is 30.3 Å². The lowest BCUT2D eigenvalue weighted by molar-refractivity contribution is -0.133. The van der Waals surface area contributed by atoms with Crippen LogP contribution < -0.4 is 16.0 Å². The first-order chi connectivity index (χ1) is 13.2. The molecule has 0 spiro atoms. The third-order valence-corrected chi connectivity index (χ3v) is 4.35. The van der Waals surface area contributed by atoms with Gasteiger partial charge in [-0.05, 0) is 39.3 Å². The highest BCUT2D eigenvalue weighted by molar-refractivity contribution is 5.92. The van der Waals surface area contributed by atoms with E-state index in [2.05, 4.69) is 10.2 Å². The van der Waals surface area contributed by atoms with E-state index in [1.54, 1.807) is 25.7 Å². The molecule has 1 aliphatic heterocycles. The Morgan fingerprint density at radius 1 is 1.11 bits per heavy atom. The summed E-state index contributed by atoms with van der Waals surface area (Å²) < 4.78 is 5.02. The SMILES string of the molecule is CC(C)(C)OC(=O)NC(=O)CC[C@H](N)C(=O)N1CCN(c2ccccc2)CC1. The van der Waals surface area contributed by atoms with Gasteiger partial charge in [0.15, 0.2) is 0 Å². The lowest BCUT2D eigenvalue weighted by Crippen LogP contribution is -2.53. The number of hydrogen-bond donors (Lipinski definition) is 2. The van der Waals surface area contributed by atoms with Crippen molar-refractivity contribution in [1.82, 2.24) is 10.2 Å². The summed E-state index contributed by atoms with van der Waals surface area (Å²) in [5.41, 5.74) is 6.43. The summed E-state index contributed by atoms with van der Waals surface area (Å²) in [4.78, 5) is 39.9. The van der Waals surface area contributed by atoms with Gasteiger partial charge in [-0.25, -0.2) is 4.79 Å². The Bertz CT molecular complexity index is 679. The maximum atomic E-state index is 12.5. The predicted molar refractivity (Wildman–Crippen MR) is 107 cm³/mol. The minimum absolute atomic E-state index is 0.0177. The number of imide groups is 1. The van der Waals surface area contributed by atoms with Gasteiger partial charge in [-0.15, -0.1) is 0 Å². The first kappa shape index (κ1) is 21.7. The van der Waals surface area contributed by atoms with Crippen LogP contribution in [0.2, 0.25) is 0 Å². The molecule has 0 aromatic heterocycles. The molecule has 1 aliphatic rings. The van der Waals surface area contributed by atoms with Crippen LogP contribution in [0, 0.1) is 0 Å². The van der Waals surface area contributed by atoms with E-state index in [-0.39, 0.29) is 18.7 Å². The van der Waals surface area contributed by atoms with Crippen LogP contribution in [-0.4, -0.2) is 60.6 Å². The monoisotopic (exact) mass is 390 g/mol. The highest BCUT2D eigenvalue weighted by Crippen LogP contribution is 2.16. The summed E-state index contributed by atoms with van der Waals surface area (Å²) in [5.74, 6) is -0.677. The van der Waals surface area contributed by atoms with Gasteiger partial charge in [-0.3, -0.25) is 14.9 Å². The molecule has 1 heterocycles. The molecule has 0 radical (unpaired) electrons. The van der Waals surface area contributed by atoms with Crippen molar-refractivity contribution in [3.63, 3.8) is 0 Å². The van der Waals surface area contributed by atoms with Crippen LogP contribution in [0.4, 0.5) is 10.5 Å². The Kier molecular flexibility index (Phi) is 7.39. The molecule has 1 aromatic rings. The third kappa shape index (κ3) is 6.84. The maximum absolute atomic E-state index is 12.5. The smallest absolute Gasteiger partial charge is 0.414 e. The number of rotatable bonds is 5. The first-order valence-electron chi connectivity index (χ1n) is 9.53. The van der Waals surface area contributed by atoms with E-state index >= 15 is 0 Å². The van der Waals surface area contributed by atoms with E-state index in [0.717, 1.165) is 18.8 Å². The third-order valence-electron chi connectivity index (χ3n) is 4.35. The van der Waals surface area contributed by atoms with Crippen molar-refractivity contribution in [2.24, 2.45) is 5.73 Å². The van der Waals surface area contributed by atoms with Crippen LogP contribution in [0.15, 0.2) is 30.3 Å². The fraction of sp³-hybridized carbons (Fsp3) is 0.550. The number of nitrogens with one attached hydrogen (secondary N) is 1. The van der Waals surface area contributed by atoms with Crippen LogP contribution >= 0.6 is 0 Å². The van der Waals surface area contributed by atoms with E-state index in [0.29, 0.717) is 13.1 Å². The molecule has 0 saturated carbocycles. The minimum atomic E-state index is -0.797. The van der Waals surface area contributed by atoms with Gasteiger partial charge in [0.05, 0.1) is 6.04 Å². The number of hydrogen-bond acceptors (Lipinski definition) is 6. The van der Waals surface area contributed by atoms with Gasteiger partial charge in [-0.2, -0.15) is 0 Å². The lowest BCUT2D eigenvalue weighted by Gasteiger charge is -2.37. The van der Waals surface area contributed by atoms with Crippen LogP contribution in [0.1, 0.15) is 33.6 Å². The van der Waals surface area contributed by atoms with Crippen molar-refractivity contribution < 1.29 is 19.1 Å². The highest BCUT2D eigenvalue weighted by atomic mass is 16.6. The zero-order chi connectivity index (χ0) is 20.7. The molecule has 1 aromatic carbocycles. The largest absolute Gasteiger partial charge is 0.444 e. The zero-order valence-corrected chi connectivity index (χ0v) is 16.8. The second-order valence-corrected chi connectivity index (χ2v) is 7.84. The van der Waals surface area contributed by atoms with E-state index < -0.39 is 23.6 Å². The van der Waals surface area contributed by atoms with Gasteiger partial charge in [0.25, 0.3) is 0 Å². The molecular weight excluding hydrogens is 360 g/mol. The molecule has 1 saturated heterocycles. The maximum Gasteiger partial charge on any atom is 0.414 e. The summed E-state index contributed by atoms with van der Waals surface area (Å²) in [6.07, 6.45) is -0.642. The molecule has 3 N–H and O–H groups in total. The molecule has 1 atom stereocenters. The Labute approximate surface area is 166 Å². The number of carbonyl (C=O) groups excluding carboxylic acids is 3. The Morgan fingerprint density at radius 3 is 2.29 bits per heavy atom. The van der Waals surface area contributed by atoms with Crippen LogP contribution in [0.3, 0.4) is 0 Å². The summed E-state index contributed by atoms with van der Waals surface area (Å²) in [6.45, 7) is 7.79. The molecule has 28 heavy (non-hydrogen) atoms. The van der Waals surface area contributed by atoms with Gasteiger partial charge in [0.1, 0.15) is 5.60 Å². The van der Waals surface area contributed by atoms with Crippen LogP contribution in [0.5, 0.6) is 0 Å². The Morgan fingerprint density at radius 2 is 1.71 bits per heavy atom. The summed E-state index contributed by atoms with van der Waals surface area (Å²) in [7, 11) is 0. The fourth-order valence-electron chi connectivity index (χ4n) is 2.95. The standard InChI is InChI=1S/C20H30N4O4/c1-20(2,3)28-19(27)22-17(25)10-9-16(21)18(26)24-13-11-23(12-14-24)15-7-5-4-6-8-15/h4-8,16H,9-14,21H2,1-3H3,(H,22,25,27)/t16-/m0/s1. The normalized spacial score (nSPS) is 15.7. The van der Waals surface area contributed by atoms with Gasteiger partial charge >= 0.3 is 6.09 Å². The molecule has 3 amide bonds. The van der Waals surface area contributed by atoms with Crippen molar-refractivity contribution in [1.29, 1.82) is 0 Å². The number of anilines is 1. The number of piperazine rings is 1. The molecule has 0 unspecified atom stereocenters. The van der Waals surface area contributed by atoms with E-state index in [1.807, 2.05) is 30.3 Å². The van der Waals surface area contributed by atoms with Gasteiger partial charge in [0, 0.05) is 38.3 Å². The first-order valence-corrected chi connectivity index (χ1v) is 9.53. The molecule has 8 nitrogen and oxygen atoms in total. The molecular formula is C20H30N4O4. The van der Waals surface area contributed by atoms with Crippen molar-refractivity contribution in [3.8, 4) is 0 Å².